The number of nitrogens with one attached hydrogen (secondary N) is 3. The average molecular weight is 379 g/mol. The van der Waals surface area contributed by atoms with Gasteiger partial charge in [0.15, 0.2) is 0 Å². The fraction of sp³-hybridized carbons (Fsp3) is 0.467. The number of hydrogen-bond acceptors (Lipinski definition) is 3. The molecular weight excluding hydrogens is 361 g/mol. The molecule has 2 rings (SSSR count). The van der Waals surface area contributed by atoms with Crippen molar-refractivity contribution >= 4 is 52.3 Å². The maximum atomic E-state index is 12.4. The van der Waals surface area contributed by atoms with E-state index in [1.54, 1.807) is 0 Å². The number of halogens is 3. The lowest BCUT2D eigenvalue weighted by molar-refractivity contribution is -0.129. The first-order valence-electron chi connectivity index (χ1n) is 7.36. The third-order valence-electron chi connectivity index (χ3n) is 3.83. The second-order valence-electron chi connectivity index (χ2n) is 5.58. The number of carbonyl (C=O) groups excluding carboxylic acids is 2. The molecule has 23 heavy (non-hydrogen) atoms. The molecule has 8 heteroatoms. The average Bonchev–Trinajstić information content (AvgIpc) is 2.97. The highest BCUT2D eigenvalue weighted by Crippen LogP contribution is 2.33. The van der Waals surface area contributed by atoms with Gasteiger partial charge in [0, 0.05) is 11.9 Å². The van der Waals surface area contributed by atoms with Crippen LogP contribution in [-0.4, -0.2) is 17.9 Å². The number of rotatable bonds is 5. The second-order valence-corrected chi connectivity index (χ2v) is 6.83. The largest absolute Gasteiger partial charge is 0.344 e. The van der Waals surface area contributed by atoms with Gasteiger partial charge in [-0.25, -0.2) is 0 Å². The maximum Gasteiger partial charge on any atom is 0.261 e. The van der Waals surface area contributed by atoms with Crippen molar-refractivity contribution in [2.75, 3.05) is 5.43 Å². The molecule has 5 nitrogen and oxygen atoms in total. The van der Waals surface area contributed by atoms with Crippen molar-refractivity contribution in [2.24, 2.45) is 5.92 Å². The Morgan fingerprint density at radius 2 is 1.70 bits per heavy atom. The zero-order valence-corrected chi connectivity index (χ0v) is 14.9. The Hall–Kier alpha value is -1.17. The van der Waals surface area contributed by atoms with Gasteiger partial charge in [-0.05, 0) is 30.9 Å². The van der Waals surface area contributed by atoms with Crippen LogP contribution in [0.15, 0.2) is 12.1 Å². The van der Waals surface area contributed by atoms with Crippen LogP contribution in [0.25, 0.3) is 0 Å². The molecule has 0 bridgehead atoms. The van der Waals surface area contributed by atoms with Gasteiger partial charge in [0.2, 0.25) is 5.91 Å². The van der Waals surface area contributed by atoms with Gasteiger partial charge in [-0.3, -0.25) is 20.4 Å². The van der Waals surface area contributed by atoms with Crippen LogP contribution in [-0.2, 0) is 9.59 Å². The first-order chi connectivity index (χ1) is 10.9. The van der Waals surface area contributed by atoms with Crippen molar-refractivity contribution in [3.05, 3.63) is 27.2 Å². The van der Waals surface area contributed by atoms with Crippen LogP contribution >= 0.6 is 34.8 Å². The van der Waals surface area contributed by atoms with Crippen LogP contribution in [0.2, 0.25) is 15.1 Å². The molecule has 1 aromatic rings. The molecule has 1 saturated carbocycles. The van der Waals surface area contributed by atoms with E-state index in [1.165, 1.54) is 19.1 Å². The molecule has 1 aliphatic carbocycles. The molecule has 3 N–H and O–H groups in total. The summed E-state index contributed by atoms with van der Waals surface area (Å²) in [5.74, 6) is -0.425. The van der Waals surface area contributed by atoms with Crippen molar-refractivity contribution in [2.45, 2.75) is 38.6 Å². The van der Waals surface area contributed by atoms with Gasteiger partial charge in [0.05, 0.1) is 15.7 Å². The molecule has 0 aromatic heterocycles. The Balaban J connectivity index is 2.05. The Morgan fingerprint density at radius 3 is 2.22 bits per heavy atom. The van der Waals surface area contributed by atoms with E-state index in [2.05, 4.69) is 16.2 Å². The van der Waals surface area contributed by atoms with Crippen molar-refractivity contribution in [1.82, 2.24) is 10.7 Å². The second kappa shape index (κ2) is 8.08. The molecule has 0 saturated heterocycles. The van der Waals surface area contributed by atoms with E-state index in [9.17, 15) is 9.59 Å². The lowest BCUT2D eigenvalue weighted by atomic mass is 9.97. The molecule has 1 fully saturated rings. The highest BCUT2D eigenvalue weighted by Gasteiger charge is 2.31. The quantitative estimate of drug-likeness (QED) is 0.683. The Bertz CT molecular complexity index is 581. The third kappa shape index (κ3) is 4.90. The lowest BCUT2D eigenvalue weighted by Gasteiger charge is -2.24. The van der Waals surface area contributed by atoms with Crippen LogP contribution in [0.3, 0.4) is 0 Å². The summed E-state index contributed by atoms with van der Waals surface area (Å²) in [6.07, 6.45) is 3.97. The molecular formula is C15H18Cl3N3O2. The number of anilines is 1. The van der Waals surface area contributed by atoms with Crippen LogP contribution in [0.5, 0.6) is 0 Å². The number of amides is 2. The summed E-state index contributed by atoms with van der Waals surface area (Å²) in [6.45, 7) is 1.40. The molecule has 1 aromatic carbocycles. The summed E-state index contributed by atoms with van der Waals surface area (Å²) in [4.78, 5) is 23.8. The van der Waals surface area contributed by atoms with Crippen LogP contribution in [0.4, 0.5) is 5.69 Å². The molecule has 0 spiro atoms. The maximum absolute atomic E-state index is 12.4. The molecule has 1 unspecified atom stereocenters. The van der Waals surface area contributed by atoms with Crippen molar-refractivity contribution < 1.29 is 9.59 Å². The SMILES string of the molecule is CC(=O)NC(C(=O)NNc1c(Cl)cc(Cl)cc1Cl)C1CCCC1. The normalized spacial score (nSPS) is 16.0. The van der Waals surface area contributed by atoms with Crippen molar-refractivity contribution in [1.29, 1.82) is 0 Å². The minimum Gasteiger partial charge on any atom is -0.344 e. The van der Waals surface area contributed by atoms with Gasteiger partial charge in [0.1, 0.15) is 6.04 Å². The molecule has 2 amide bonds. The van der Waals surface area contributed by atoms with E-state index >= 15 is 0 Å². The van der Waals surface area contributed by atoms with E-state index in [0.29, 0.717) is 20.8 Å². The smallest absolute Gasteiger partial charge is 0.261 e. The Labute approximate surface area is 150 Å². The molecule has 0 radical (unpaired) electrons. The summed E-state index contributed by atoms with van der Waals surface area (Å²) >= 11 is 18.0. The van der Waals surface area contributed by atoms with Gasteiger partial charge in [-0.2, -0.15) is 0 Å². The highest BCUT2D eigenvalue weighted by molar-refractivity contribution is 6.41. The van der Waals surface area contributed by atoms with E-state index in [0.717, 1.165) is 25.7 Å². The zero-order valence-electron chi connectivity index (χ0n) is 12.6. The van der Waals surface area contributed by atoms with Crippen LogP contribution < -0.4 is 16.2 Å². The molecule has 0 aliphatic heterocycles. The predicted molar refractivity (Wildman–Crippen MR) is 92.8 cm³/mol. The first-order valence-corrected chi connectivity index (χ1v) is 8.49. The van der Waals surface area contributed by atoms with E-state index in [1.807, 2.05) is 0 Å². The van der Waals surface area contributed by atoms with E-state index in [-0.39, 0.29) is 17.7 Å². The summed E-state index contributed by atoms with van der Waals surface area (Å²) in [5.41, 5.74) is 5.64. The van der Waals surface area contributed by atoms with Crippen LogP contribution in [0.1, 0.15) is 32.6 Å². The van der Waals surface area contributed by atoms with Crippen molar-refractivity contribution in [3.63, 3.8) is 0 Å². The fourth-order valence-electron chi connectivity index (χ4n) is 2.77. The monoisotopic (exact) mass is 377 g/mol. The van der Waals surface area contributed by atoms with Gasteiger partial charge in [0.25, 0.3) is 5.91 Å². The highest BCUT2D eigenvalue weighted by atomic mass is 35.5. The standard InChI is InChI=1S/C15H18Cl3N3O2/c1-8(22)19-13(9-4-2-3-5-9)15(23)21-20-14-11(17)6-10(16)7-12(14)18/h6-7,9,13,20H,2-5H2,1H3,(H,19,22)(H,21,23). The predicted octanol–water partition coefficient (Wildman–Crippen LogP) is 3.78. The van der Waals surface area contributed by atoms with Gasteiger partial charge in [-0.15, -0.1) is 0 Å². The Kier molecular flexibility index (Phi) is 6.39. The van der Waals surface area contributed by atoms with Gasteiger partial charge in [-0.1, -0.05) is 47.6 Å². The first kappa shape index (κ1) is 18.2. The summed E-state index contributed by atoms with van der Waals surface area (Å²) < 4.78 is 0. The fourth-order valence-corrected chi connectivity index (χ4v) is 3.68. The number of hydrogen-bond donors (Lipinski definition) is 3. The number of hydrazine groups is 1. The number of benzene rings is 1. The summed E-state index contributed by atoms with van der Waals surface area (Å²) in [7, 11) is 0. The minimum absolute atomic E-state index is 0.136. The molecule has 1 atom stereocenters. The Morgan fingerprint density at radius 1 is 1.13 bits per heavy atom. The zero-order chi connectivity index (χ0) is 17.0. The minimum atomic E-state index is -0.577. The summed E-state index contributed by atoms with van der Waals surface area (Å²) in [6, 6.07) is 2.46. The van der Waals surface area contributed by atoms with Gasteiger partial charge < -0.3 is 5.32 Å². The molecule has 126 valence electrons. The molecule has 0 heterocycles. The third-order valence-corrected chi connectivity index (χ3v) is 4.64. The van der Waals surface area contributed by atoms with Gasteiger partial charge >= 0.3 is 0 Å². The topological polar surface area (TPSA) is 70.2 Å². The number of carbonyl (C=O) groups is 2. The van der Waals surface area contributed by atoms with Crippen LogP contribution in [0, 0.1) is 5.92 Å². The van der Waals surface area contributed by atoms with E-state index in [4.69, 9.17) is 34.8 Å². The lowest BCUT2D eigenvalue weighted by Crippen LogP contribution is -2.51. The van der Waals surface area contributed by atoms with Crippen molar-refractivity contribution in [3.8, 4) is 0 Å². The van der Waals surface area contributed by atoms with E-state index < -0.39 is 6.04 Å². The molecule has 1 aliphatic rings. The summed E-state index contributed by atoms with van der Waals surface area (Å²) in [5, 5.41) is 3.70.